The minimum Gasteiger partial charge on any atom is -0.480 e. The number of carboxylic acid groups (broad SMARTS) is 1. The number of alkyl halides is 1. The topological polar surface area (TPSA) is 200 Å². The second-order valence-electron chi connectivity index (χ2n) is 8.11. The molecular formula is C23H34IN5O7S. The Balaban J connectivity index is 2.91. The number of hydrogen-bond acceptors (Lipinski definition) is 8. The van der Waals surface area contributed by atoms with E-state index in [1.165, 1.54) is 0 Å². The van der Waals surface area contributed by atoms with E-state index in [-0.39, 0.29) is 23.0 Å². The highest BCUT2D eigenvalue weighted by molar-refractivity contribution is 14.1. The van der Waals surface area contributed by atoms with Gasteiger partial charge >= 0.3 is 5.97 Å². The van der Waals surface area contributed by atoms with Crippen molar-refractivity contribution in [2.45, 2.75) is 49.9 Å². The second-order valence-corrected chi connectivity index (χ2v) is 9.24. The van der Waals surface area contributed by atoms with Gasteiger partial charge in [0.15, 0.2) is 0 Å². The quantitative estimate of drug-likeness (QED) is 0.0442. The van der Waals surface area contributed by atoms with Crippen molar-refractivity contribution in [3.8, 4) is 0 Å². The van der Waals surface area contributed by atoms with Gasteiger partial charge in [-0.15, -0.1) is 0 Å². The number of hydrogen-bond donors (Lipinski definition) is 8. The van der Waals surface area contributed by atoms with E-state index in [0.717, 1.165) is 0 Å². The normalized spacial score (nSPS) is 13.9. The lowest BCUT2D eigenvalue weighted by Crippen LogP contribution is -2.58. The number of aliphatic carboxylic acids is 1. The predicted octanol–water partition coefficient (Wildman–Crippen LogP) is -1.26. The molecule has 0 saturated heterocycles. The van der Waals surface area contributed by atoms with Gasteiger partial charge in [-0.05, 0) is 31.4 Å². The van der Waals surface area contributed by atoms with Crippen molar-refractivity contribution in [2.24, 2.45) is 5.73 Å². The van der Waals surface area contributed by atoms with E-state index in [0.29, 0.717) is 24.9 Å². The zero-order valence-electron chi connectivity index (χ0n) is 20.2. The maximum atomic E-state index is 13.0. The molecule has 0 radical (unpaired) electrons. The molecule has 0 fully saturated rings. The molecule has 0 aliphatic heterocycles. The van der Waals surface area contributed by atoms with Crippen LogP contribution in [0.2, 0.25) is 0 Å². The third-order valence-corrected chi connectivity index (χ3v) is 6.31. The van der Waals surface area contributed by atoms with Gasteiger partial charge in [0, 0.05) is 12.2 Å². The number of nitrogens with two attached hydrogens (primary N) is 1. The molecule has 0 heterocycles. The van der Waals surface area contributed by atoms with E-state index in [2.05, 4.69) is 33.9 Å². The van der Waals surface area contributed by atoms with Gasteiger partial charge in [-0.25, -0.2) is 4.79 Å². The van der Waals surface area contributed by atoms with Crippen LogP contribution in [0.1, 0.15) is 24.8 Å². The summed E-state index contributed by atoms with van der Waals surface area (Å²) in [5.41, 5.74) is 6.23. The molecule has 0 saturated carbocycles. The Labute approximate surface area is 234 Å². The number of amides is 4. The minimum atomic E-state index is -1.26. The van der Waals surface area contributed by atoms with Gasteiger partial charge in [-0.3, -0.25) is 19.2 Å². The summed E-state index contributed by atoms with van der Waals surface area (Å²) >= 11 is 5.92. The van der Waals surface area contributed by atoms with E-state index in [9.17, 15) is 34.2 Å². The van der Waals surface area contributed by atoms with Gasteiger partial charge in [-0.2, -0.15) is 12.6 Å². The first kappa shape index (κ1) is 32.6. The lowest BCUT2D eigenvalue weighted by molar-refractivity contribution is -0.142. The van der Waals surface area contributed by atoms with Crippen LogP contribution >= 0.6 is 35.2 Å². The highest BCUT2D eigenvalue weighted by Gasteiger charge is 2.30. The van der Waals surface area contributed by atoms with E-state index in [1.807, 2.05) is 0 Å². The van der Waals surface area contributed by atoms with Gasteiger partial charge in [0.05, 0.1) is 11.0 Å². The minimum absolute atomic E-state index is 0.0401. The third-order valence-electron chi connectivity index (χ3n) is 5.25. The van der Waals surface area contributed by atoms with Gasteiger partial charge in [0.1, 0.15) is 24.2 Å². The number of thiol groups is 1. The molecular weight excluding hydrogens is 617 g/mol. The zero-order valence-corrected chi connectivity index (χ0v) is 23.2. The second kappa shape index (κ2) is 17.9. The summed E-state index contributed by atoms with van der Waals surface area (Å²) < 4.78 is 0.0717. The van der Waals surface area contributed by atoms with Crippen LogP contribution in [0.25, 0.3) is 0 Å². The average molecular weight is 652 g/mol. The Morgan fingerprint density at radius 3 is 1.97 bits per heavy atom. The summed E-state index contributed by atoms with van der Waals surface area (Å²) in [5, 5.41) is 28.8. The fourth-order valence-corrected chi connectivity index (χ4v) is 3.73. The zero-order chi connectivity index (χ0) is 27.8. The Bertz CT molecular complexity index is 909. The number of aliphatic hydroxyl groups excluding tert-OH is 1. The molecule has 0 aromatic heterocycles. The summed E-state index contributed by atoms with van der Waals surface area (Å²) in [4.78, 5) is 61.8. The van der Waals surface area contributed by atoms with Crippen LogP contribution in [0.4, 0.5) is 0 Å². The van der Waals surface area contributed by atoms with Crippen molar-refractivity contribution in [2.75, 3.05) is 23.3 Å². The van der Waals surface area contributed by atoms with E-state index in [1.54, 1.807) is 52.9 Å². The molecule has 8 N–H and O–H groups in total. The van der Waals surface area contributed by atoms with Gasteiger partial charge in [0.25, 0.3) is 0 Å². The monoisotopic (exact) mass is 651 g/mol. The molecule has 1 rings (SSSR count). The molecule has 14 heteroatoms. The highest BCUT2D eigenvalue weighted by Crippen LogP contribution is 2.06. The summed E-state index contributed by atoms with van der Waals surface area (Å²) in [6.45, 7) is -0.308. The third kappa shape index (κ3) is 12.1. The predicted molar refractivity (Wildman–Crippen MR) is 148 cm³/mol. The fourth-order valence-electron chi connectivity index (χ4n) is 3.25. The van der Waals surface area contributed by atoms with Crippen molar-refractivity contribution in [3.05, 3.63) is 35.9 Å². The first-order chi connectivity index (χ1) is 17.7. The molecule has 1 aromatic rings. The molecule has 0 unspecified atom stereocenters. The summed E-state index contributed by atoms with van der Waals surface area (Å²) in [7, 11) is 0. The molecule has 1 aromatic carbocycles. The van der Waals surface area contributed by atoms with Crippen molar-refractivity contribution in [3.63, 3.8) is 0 Å². The van der Waals surface area contributed by atoms with Crippen LogP contribution in [0.3, 0.4) is 0 Å². The average Bonchev–Trinajstić information content (AvgIpc) is 2.89. The lowest BCUT2D eigenvalue weighted by atomic mass is 10.1. The van der Waals surface area contributed by atoms with Crippen molar-refractivity contribution in [1.82, 2.24) is 21.3 Å². The first-order valence-electron chi connectivity index (χ1n) is 11.6. The molecule has 0 spiro atoms. The maximum absolute atomic E-state index is 13.0. The van der Waals surface area contributed by atoms with Gasteiger partial charge < -0.3 is 37.2 Å². The molecule has 4 amide bonds. The summed E-state index contributed by atoms with van der Waals surface area (Å²) in [6.07, 6.45) is 1.28. The molecule has 37 heavy (non-hydrogen) atoms. The largest absolute Gasteiger partial charge is 0.480 e. The standard InChI is InChI=1S/C23H34IN5O7S/c24-11-19(31)26-17(12-30)21(33)27-15(8-4-5-9-25)20(32)29-18(13-37)22(34)28-16(23(35)36)10-14-6-2-1-3-7-14/h1-3,6-7,15-18,30,37H,4-5,8-13,25H2,(H,26,31)(H,27,33)(H,28,34)(H,29,32)(H,35,36)/t15-,16-,17-,18-/m0/s1. The van der Waals surface area contributed by atoms with E-state index < -0.39 is 60.4 Å². The van der Waals surface area contributed by atoms with Gasteiger partial charge in [0.2, 0.25) is 23.6 Å². The number of unbranched alkanes of at least 4 members (excludes halogenated alkanes) is 1. The number of benzene rings is 1. The molecule has 206 valence electrons. The smallest absolute Gasteiger partial charge is 0.326 e. The lowest BCUT2D eigenvalue weighted by Gasteiger charge is -2.25. The molecule has 12 nitrogen and oxygen atoms in total. The number of carboxylic acids is 1. The Kier molecular flexibility index (Phi) is 15.8. The van der Waals surface area contributed by atoms with Crippen LogP contribution in [-0.4, -0.2) is 87.3 Å². The molecule has 4 atom stereocenters. The van der Waals surface area contributed by atoms with Crippen LogP contribution in [0, 0.1) is 0 Å². The van der Waals surface area contributed by atoms with Crippen LogP contribution in [0.15, 0.2) is 30.3 Å². The van der Waals surface area contributed by atoms with Crippen LogP contribution < -0.4 is 27.0 Å². The van der Waals surface area contributed by atoms with Crippen LogP contribution in [-0.2, 0) is 30.4 Å². The van der Waals surface area contributed by atoms with Crippen LogP contribution in [0.5, 0.6) is 0 Å². The number of nitrogens with one attached hydrogen (secondary N) is 4. The van der Waals surface area contributed by atoms with Crippen molar-refractivity contribution in [1.29, 1.82) is 0 Å². The first-order valence-corrected chi connectivity index (χ1v) is 13.8. The van der Waals surface area contributed by atoms with Gasteiger partial charge in [-0.1, -0.05) is 52.9 Å². The number of carbonyl (C=O) groups is 5. The number of carbonyl (C=O) groups excluding carboxylic acids is 4. The molecule has 0 aliphatic rings. The number of rotatable bonds is 17. The van der Waals surface area contributed by atoms with Crippen molar-refractivity contribution >= 4 is 64.8 Å². The number of aliphatic hydroxyl groups is 1. The maximum Gasteiger partial charge on any atom is 0.326 e. The Hall–Kier alpha value is -2.43. The van der Waals surface area contributed by atoms with E-state index >= 15 is 0 Å². The molecule has 0 aliphatic carbocycles. The van der Waals surface area contributed by atoms with E-state index in [4.69, 9.17) is 5.73 Å². The summed E-state index contributed by atoms with van der Waals surface area (Å²) in [6, 6.07) is 3.97. The number of halogens is 1. The Morgan fingerprint density at radius 1 is 0.865 bits per heavy atom. The SMILES string of the molecule is NCCCC[C@H](NC(=O)[C@H](CO)NC(=O)CI)C(=O)N[C@@H](CS)C(=O)N[C@@H](Cc1ccccc1)C(=O)O. The Morgan fingerprint density at radius 2 is 1.43 bits per heavy atom. The highest BCUT2D eigenvalue weighted by atomic mass is 127. The summed E-state index contributed by atoms with van der Waals surface area (Å²) in [5.74, 6) is -4.06. The fraction of sp³-hybridized carbons (Fsp3) is 0.522. The van der Waals surface area contributed by atoms with Crippen molar-refractivity contribution < 1.29 is 34.2 Å². The molecule has 0 bridgehead atoms.